The van der Waals surface area contributed by atoms with Crippen molar-refractivity contribution >= 4 is 52.5 Å². The minimum atomic E-state index is -1.59. The van der Waals surface area contributed by atoms with E-state index in [1.54, 1.807) is 61.5 Å². The number of halogens is 2. The van der Waals surface area contributed by atoms with Crippen molar-refractivity contribution in [1.29, 1.82) is 0 Å². The number of imide groups is 2. The normalized spacial score (nSPS) is 27.8. The molecule has 2 saturated heterocycles. The molecule has 0 radical (unpaired) electrons. The number of nitrogens with zero attached hydrogens (tertiary/aromatic N) is 2. The summed E-state index contributed by atoms with van der Waals surface area (Å²) in [5, 5.41) is 13.3. The Balaban J connectivity index is 1.49. The Morgan fingerprint density at radius 2 is 1.69 bits per heavy atom. The summed E-state index contributed by atoms with van der Waals surface area (Å²) in [5.74, 6) is -4.82. The number of methoxy groups -OCH3 is 2. The summed E-state index contributed by atoms with van der Waals surface area (Å²) >= 11 is 12.6. The Hall–Kier alpha value is -4.54. The molecule has 2 N–H and O–H groups in total. The molecule has 3 aromatic carbocycles. The highest BCUT2D eigenvalue weighted by molar-refractivity contribution is 6.36. The summed E-state index contributed by atoms with van der Waals surface area (Å²) in [6.07, 6.45) is 2.34. The number of ether oxygens (including phenoxy) is 2. The maximum Gasteiger partial charge on any atom is 0.260 e. The van der Waals surface area contributed by atoms with Gasteiger partial charge in [-0.1, -0.05) is 59.1 Å². The Morgan fingerprint density at radius 1 is 0.938 bits per heavy atom. The molecule has 3 fully saturated rings. The number of fused-ring (bicyclic) bond motifs is 4. The Bertz CT molecular complexity index is 1900. The van der Waals surface area contributed by atoms with Crippen LogP contribution >= 0.6 is 23.2 Å². The van der Waals surface area contributed by atoms with E-state index in [1.165, 1.54) is 25.2 Å². The van der Waals surface area contributed by atoms with E-state index in [0.717, 1.165) is 10.6 Å². The number of carbonyl (C=O) groups excluding carboxylic acids is 4. The highest BCUT2D eigenvalue weighted by Crippen LogP contribution is 2.65. The number of anilines is 1. The minimum absolute atomic E-state index is 0.119. The van der Waals surface area contributed by atoms with Gasteiger partial charge in [-0.15, -0.1) is 0 Å². The van der Waals surface area contributed by atoms with Crippen molar-refractivity contribution in [2.45, 2.75) is 31.1 Å². The van der Waals surface area contributed by atoms with Crippen LogP contribution in [0.3, 0.4) is 0 Å². The van der Waals surface area contributed by atoms with Crippen LogP contribution in [0, 0.1) is 23.7 Å². The standard InChI is InChI=1S/C36H33Cl2N3O7/c1-4-40-32(43)22-14-13-21-24(29(22)34(40)45)17-25-33(44)41(39-27-15-10-19(37)16-26(27)38)35(46)36(25,18-8-11-20(47-2)12-9-18)30(21)23-6-5-7-28(48-3)31(23)42/h5-13,15-16,22,24-25,29-30,39,42H,4,14,17H2,1-3H3/t22-,24+,25-,29-,30+,36+/m0/s1. The number of para-hydroxylation sites is 1. The summed E-state index contributed by atoms with van der Waals surface area (Å²) in [4.78, 5) is 58.5. The number of hydrazine groups is 1. The third-order valence-corrected chi connectivity index (χ3v) is 11.1. The molecule has 4 aliphatic rings. The highest BCUT2D eigenvalue weighted by Gasteiger charge is 2.70. The van der Waals surface area contributed by atoms with Gasteiger partial charge in [0.05, 0.1) is 48.1 Å². The quantitative estimate of drug-likeness (QED) is 0.238. The number of hydrogen-bond acceptors (Lipinski definition) is 8. The van der Waals surface area contributed by atoms with Gasteiger partial charge in [0.15, 0.2) is 11.5 Å². The molecule has 6 atom stereocenters. The number of hydrogen-bond donors (Lipinski definition) is 2. The van der Waals surface area contributed by atoms with Crippen LogP contribution < -0.4 is 14.9 Å². The SMILES string of the molecule is CCN1C(=O)[C@H]2[C@H](CC=C3[C@H]2C[C@H]2C(=O)N(Nc4ccc(Cl)cc4Cl)C(=O)[C@@]2(c2ccc(OC)cc2)[C@H]3c2cccc(OC)c2O)C1=O. The van der Waals surface area contributed by atoms with Crippen LogP contribution in [0.1, 0.15) is 36.8 Å². The molecule has 10 nitrogen and oxygen atoms in total. The maximum atomic E-state index is 15.2. The number of likely N-dealkylation sites (tertiary alicyclic amines) is 1. The molecule has 4 amide bonds. The number of aromatic hydroxyl groups is 1. The molecule has 2 aliphatic heterocycles. The molecule has 0 unspecified atom stereocenters. The number of phenols is 1. The molecule has 0 aromatic heterocycles. The predicted octanol–water partition coefficient (Wildman–Crippen LogP) is 5.72. The molecule has 7 rings (SSSR count). The van der Waals surface area contributed by atoms with Crippen LogP contribution in [0.5, 0.6) is 17.2 Å². The van der Waals surface area contributed by atoms with Crippen LogP contribution in [0.15, 0.2) is 72.3 Å². The second kappa shape index (κ2) is 11.9. The average Bonchev–Trinajstić information content (AvgIpc) is 3.46. The molecule has 12 heteroatoms. The second-order valence-electron chi connectivity index (χ2n) is 12.5. The van der Waals surface area contributed by atoms with E-state index in [2.05, 4.69) is 5.43 Å². The number of nitrogens with one attached hydrogen (secondary N) is 1. The van der Waals surface area contributed by atoms with Gasteiger partial charge in [-0.25, -0.2) is 0 Å². The second-order valence-corrected chi connectivity index (χ2v) is 13.4. The Kier molecular flexibility index (Phi) is 7.91. The van der Waals surface area contributed by atoms with Gasteiger partial charge < -0.3 is 14.6 Å². The van der Waals surface area contributed by atoms with E-state index in [0.29, 0.717) is 27.6 Å². The molecule has 2 heterocycles. The molecular formula is C36H33Cl2N3O7. The van der Waals surface area contributed by atoms with Crippen molar-refractivity contribution in [3.8, 4) is 17.2 Å². The van der Waals surface area contributed by atoms with Crippen molar-refractivity contribution in [3.05, 3.63) is 93.5 Å². The van der Waals surface area contributed by atoms with Gasteiger partial charge in [0, 0.05) is 23.0 Å². The monoisotopic (exact) mass is 689 g/mol. The van der Waals surface area contributed by atoms with Gasteiger partial charge >= 0.3 is 0 Å². The van der Waals surface area contributed by atoms with Crippen molar-refractivity contribution < 1.29 is 33.8 Å². The van der Waals surface area contributed by atoms with Crippen LogP contribution in [-0.2, 0) is 24.6 Å². The topological polar surface area (TPSA) is 125 Å². The fraction of sp³-hybridized carbons (Fsp3) is 0.333. The zero-order valence-corrected chi connectivity index (χ0v) is 27.9. The van der Waals surface area contributed by atoms with Gasteiger partial charge in [0.1, 0.15) is 5.75 Å². The number of amides is 4. The van der Waals surface area contributed by atoms with Gasteiger partial charge in [-0.05, 0) is 67.6 Å². The highest BCUT2D eigenvalue weighted by atomic mass is 35.5. The number of phenolic OH excluding ortho intramolecular Hbond substituents is 1. The summed E-state index contributed by atoms with van der Waals surface area (Å²) in [5.41, 5.74) is 3.27. The van der Waals surface area contributed by atoms with Gasteiger partial charge in [-0.2, -0.15) is 5.01 Å². The first-order valence-electron chi connectivity index (χ1n) is 15.7. The molecular weight excluding hydrogens is 657 g/mol. The molecule has 0 spiro atoms. The van der Waals surface area contributed by atoms with Gasteiger partial charge in [0.2, 0.25) is 11.8 Å². The average molecular weight is 691 g/mol. The number of rotatable bonds is 7. The van der Waals surface area contributed by atoms with Crippen LogP contribution in [0.25, 0.3) is 0 Å². The first kappa shape index (κ1) is 32.0. The third kappa shape index (κ3) is 4.45. The minimum Gasteiger partial charge on any atom is -0.504 e. The lowest BCUT2D eigenvalue weighted by atomic mass is 9.49. The fourth-order valence-corrected chi connectivity index (χ4v) is 8.95. The van der Waals surface area contributed by atoms with Gasteiger partial charge in [-0.3, -0.25) is 29.5 Å². The molecule has 48 heavy (non-hydrogen) atoms. The summed E-state index contributed by atoms with van der Waals surface area (Å²) in [6.45, 7) is 2.00. The van der Waals surface area contributed by atoms with Crippen molar-refractivity contribution in [2.75, 3.05) is 26.2 Å². The van der Waals surface area contributed by atoms with E-state index < -0.39 is 46.8 Å². The molecule has 0 bridgehead atoms. The fourth-order valence-electron chi connectivity index (χ4n) is 8.50. The smallest absolute Gasteiger partial charge is 0.260 e. The van der Waals surface area contributed by atoms with Crippen LogP contribution in [0.4, 0.5) is 5.69 Å². The lowest BCUT2D eigenvalue weighted by Crippen LogP contribution is -2.53. The molecule has 1 saturated carbocycles. The summed E-state index contributed by atoms with van der Waals surface area (Å²) in [7, 11) is 2.97. The maximum absolute atomic E-state index is 15.2. The van der Waals surface area contributed by atoms with Crippen molar-refractivity contribution in [1.82, 2.24) is 9.91 Å². The Morgan fingerprint density at radius 3 is 2.35 bits per heavy atom. The van der Waals surface area contributed by atoms with Crippen LogP contribution in [0.2, 0.25) is 10.0 Å². The van der Waals surface area contributed by atoms with Crippen molar-refractivity contribution in [2.24, 2.45) is 23.7 Å². The third-order valence-electron chi connectivity index (χ3n) is 10.5. The van der Waals surface area contributed by atoms with E-state index in [1.807, 2.05) is 6.08 Å². The van der Waals surface area contributed by atoms with E-state index in [9.17, 15) is 19.5 Å². The van der Waals surface area contributed by atoms with E-state index in [4.69, 9.17) is 32.7 Å². The summed E-state index contributed by atoms with van der Waals surface area (Å²) in [6, 6.07) is 16.7. The molecule has 2 aliphatic carbocycles. The largest absolute Gasteiger partial charge is 0.504 e. The predicted molar refractivity (Wildman–Crippen MR) is 178 cm³/mol. The number of carbonyl (C=O) groups is 4. The van der Waals surface area contributed by atoms with E-state index >= 15 is 4.79 Å². The van der Waals surface area contributed by atoms with Crippen molar-refractivity contribution in [3.63, 3.8) is 0 Å². The number of allylic oxidation sites excluding steroid dienone is 2. The lowest BCUT2D eigenvalue weighted by Gasteiger charge is -2.50. The first-order valence-corrected chi connectivity index (χ1v) is 16.5. The first-order chi connectivity index (χ1) is 23.1. The van der Waals surface area contributed by atoms with Gasteiger partial charge in [0.25, 0.3) is 11.8 Å². The molecule has 248 valence electrons. The zero-order chi connectivity index (χ0) is 34.1. The lowest BCUT2D eigenvalue weighted by molar-refractivity contribution is -0.141. The van der Waals surface area contributed by atoms with Crippen LogP contribution in [-0.4, -0.2) is 59.4 Å². The van der Waals surface area contributed by atoms with E-state index in [-0.39, 0.29) is 47.7 Å². The number of benzene rings is 3. The summed E-state index contributed by atoms with van der Waals surface area (Å²) < 4.78 is 10.9. The Labute approximate surface area is 287 Å². The molecule has 3 aromatic rings. The zero-order valence-electron chi connectivity index (χ0n) is 26.4.